The zero-order valence-corrected chi connectivity index (χ0v) is 22.3. The van der Waals surface area contributed by atoms with Crippen molar-refractivity contribution in [2.24, 2.45) is 11.5 Å². The molecular formula is C26H36N6O9. The van der Waals surface area contributed by atoms with Gasteiger partial charge in [-0.05, 0) is 43.9 Å². The van der Waals surface area contributed by atoms with Gasteiger partial charge in [0.25, 0.3) is 0 Å². The first kappa shape index (κ1) is 32.7. The molecule has 224 valence electrons. The monoisotopic (exact) mass is 576 g/mol. The lowest BCUT2D eigenvalue weighted by Gasteiger charge is -2.25. The maximum absolute atomic E-state index is 13.4. The van der Waals surface area contributed by atoms with Crippen LogP contribution in [0.15, 0.2) is 30.5 Å². The fourth-order valence-electron chi connectivity index (χ4n) is 4.12. The molecule has 0 fully saturated rings. The van der Waals surface area contributed by atoms with Crippen LogP contribution in [-0.2, 0) is 35.2 Å². The Balaban J connectivity index is 2.30. The lowest BCUT2D eigenvalue weighted by atomic mass is 10.0. The molecule has 1 aromatic carbocycles. The summed E-state index contributed by atoms with van der Waals surface area (Å²) in [5.41, 5.74) is 12.5. The number of benzene rings is 1. The van der Waals surface area contributed by atoms with Crippen LogP contribution >= 0.6 is 0 Å². The summed E-state index contributed by atoms with van der Waals surface area (Å²) in [4.78, 5) is 76.0. The van der Waals surface area contributed by atoms with E-state index in [1.54, 1.807) is 30.5 Å². The summed E-state index contributed by atoms with van der Waals surface area (Å²) in [7, 11) is 0. The number of unbranched alkanes of at least 4 members (excludes halogenated alkanes) is 1. The van der Waals surface area contributed by atoms with Crippen LogP contribution in [0.2, 0.25) is 0 Å². The molecule has 3 amide bonds. The number of nitrogens with one attached hydrogen (secondary N) is 4. The summed E-state index contributed by atoms with van der Waals surface area (Å²) < 4.78 is 0. The number of aliphatic carboxylic acids is 3. The highest BCUT2D eigenvalue weighted by Crippen LogP contribution is 2.19. The van der Waals surface area contributed by atoms with Crippen LogP contribution in [0.4, 0.5) is 0 Å². The summed E-state index contributed by atoms with van der Waals surface area (Å²) in [6.45, 7) is 0.331. The lowest BCUT2D eigenvalue weighted by Crippen LogP contribution is -2.57. The van der Waals surface area contributed by atoms with E-state index in [4.69, 9.17) is 21.7 Å². The highest BCUT2D eigenvalue weighted by atomic mass is 16.4. The van der Waals surface area contributed by atoms with Gasteiger partial charge in [-0.1, -0.05) is 18.2 Å². The zero-order chi connectivity index (χ0) is 30.5. The lowest BCUT2D eigenvalue weighted by molar-refractivity contribution is -0.143. The number of hydrogen-bond donors (Lipinski definition) is 9. The van der Waals surface area contributed by atoms with Crippen molar-refractivity contribution >= 4 is 46.5 Å². The molecule has 0 spiro atoms. The fourth-order valence-corrected chi connectivity index (χ4v) is 4.12. The minimum absolute atomic E-state index is 0.0680. The van der Waals surface area contributed by atoms with Crippen molar-refractivity contribution in [1.82, 2.24) is 20.9 Å². The van der Waals surface area contributed by atoms with Crippen LogP contribution < -0.4 is 27.4 Å². The van der Waals surface area contributed by atoms with Crippen LogP contribution in [0.1, 0.15) is 44.1 Å². The Morgan fingerprint density at radius 3 is 2.07 bits per heavy atom. The number of carbonyl (C=O) groups excluding carboxylic acids is 3. The van der Waals surface area contributed by atoms with Crippen LogP contribution in [-0.4, -0.2) is 86.6 Å². The predicted octanol–water partition coefficient (Wildman–Crippen LogP) is -0.955. The van der Waals surface area contributed by atoms with E-state index < -0.39 is 72.6 Å². The smallest absolute Gasteiger partial charge is 0.326 e. The number of nitrogens with two attached hydrogens (primary N) is 2. The normalized spacial score (nSPS) is 13.9. The van der Waals surface area contributed by atoms with E-state index in [1.807, 2.05) is 0 Å². The standard InChI is InChI=1S/C26H36N6O9/c27-10-4-3-7-19(26(40)41)31-24(38)18(8-9-21(33)34)30-25(39)20(32-23(37)16(28)12-22(35)36)11-14-13-29-17-6-2-1-5-15(14)17/h1-2,5-6,13,16,18-20,29H,3-4,7-12,27-28H2,(H,30,39)(H,31,38)(H,32,37)(H,33,34)(H,35,36)(H,40,41). The Hall–Kier alpha value is -4.50. The van der Waals surface area contributed by atoms with E-state index in [1.165, 1.54) is 0 Å². The van der Waals surface area contributed by atoms with Gasteiger partial charge in [-0.25, -0.2) is 4.79 Å². The van der Waals surface area contributed by atoms with Gasteiger partial charge in [-0.15, -0.1) is 0 Å². The van der Waals surface area contributed by atoms with Crippen molar-refractivity contribution in [3.05, 3.63) is 36.0 Å². The predicted molar refractivity (Wildman–Crippen MR) is 145 cm³/mol. The highest BCUT2D eigenvalue weighted by molar-refractivity contribution is 5.95. The molecule has 41 heavy (non-hydrogen) atoms. The van der Waals surface area contributed by atoms with Crippen molar-refractivity contribution in [3.8, 4) is 0 Å². The number of para-hydroxylation sites is 1. The summed E-state index contributed by atoms with van der Waals surface area (Å²) >= 11 is 0. The molecule has 1 heterocycles. The van der Waals surface area contributed by atoms with E-state index in [0.29, 0.717) is 24.9 Å². The molecule has 2 aromatic rings. The summed E-state index contributed by atoms with van der Waals surface area (Å²) in [6.07, 6.45) is 0.956. The van der Waals surface area contributed by atoms with Crippen molar-refractivity contribution in [2.75, 3.05) is 6.54 Å². The first-order valence-corrected chi connectivity index (χ1v) is 13.0. The Morgan fingerprint density at radius 1 is 0.805 bits per heavy atom. The minimum Gasteiger partial charge on any atom is -0.481 e. The second kappa shape index (κ2) is 15.9. The molecule has 0 saturated carbocycles. The van der Waals surface area contributed by atoms with E-state index in [2.05, 4.69) is 20.9 Å². The molecule has 0 aliphatic carbocycles. The second-order valence-electron chi connectivity index (χ2n) is 9.51. The van der Waals surface area contributed by atoms with Gasteiger partial charge < -0.3 is 47.7 Å². The molecule has 2 rings (SSSR count). The van der Waals surface area contributed by atoms with Gasteiger partial charge in [0.1, 0.15) is 18.1 Å². The molecule has 0 saturated heterocycles. The molecule has 0 aliphatic rings. The zero-order valence-electron chi connectivity index (χ0n) is 22.3. The largest absolute Gasteiger partial charge is 0.481 e. The number of aromatic nitrogens is 1. The van der Waals surface area contributed by atoms with Crippen LogP contribution in [0.5, 0.6) is 0 Å². The van der Waals surface area contributed by atoms with Gasteiger partial charge in [-0.3, -0.25) is 24.0 Å². The van der Waals surface area contributed by atoms with Gasteiger partial charge >= 0.3 is 17.9 Å². The first-order chi connectivity index (χ1) is 19.4. The average molecular weight is 577 g/mol. The summed E-state index contributed by atoms with van der Waals surface area (Å²) in [5, 5.41) is 35.6. The van der Waals surface area contributed by atoms with Crippen LogP contribution in [0.3, 0.4) is 0 Å². The first-order valence-electron chi connectivity index (χ1n) is 13.0. The van der Waals surface area contributed by atoms with Crippen molar-refractivity contribution in [1.29, 1.82) is 0 Å². The topological polar surface area (TPSA) is 267 Å². The van der Waals surface area contributed by atoms with E-state index in [9.17, 15) is 33.9 Å². The molecule has 4 atom stereocenters. The van der Waals surface area contributed by atoms with Gasteiger partial charge in [0.05, 0.1) is 12.5 Å². The molecule has 0 radical (unpaired) electrons. The number of rotatable bonds is 18. The molecule has 15 nitrogen and oxygen atoms in total. The minimum atomic E-state index is -1.47. The van der Waals surface area contributed by atoms with Gasteiger partial charge in [-0.2, -0.15) is 0 Å². The Labute approximate surface area is 235 Å². The molecule has 11 N–H and O–H groups in total. The Kier molecular flexibility index (Phi) is 12.7. The average Bonchev–Trinajstić information content (AvgIpc) is 3.32. The molecule has 15 heteroatoms. The summed E-state index contributed by atoms with van der Waals surface area (Å²) in [5.74, 6) is -6.61. The number of H-pyrrole nitrogens is 1. The number of carboxylic acid groups (broad SMARTS) is 3. The van der Waals surface area contributed by atoms with Gasteiger partial charge in [0.2, 0.25) is 17.7 Å². The third-order valence-corrected chi connectivity index (χ3v) is 6.30. The Bertz CT molecular complexity index is 1250. The maximum atomic E-state index is 13.4. The van der Waals surface area contributed by atoms with Crippen molar-refractivity contribution in [3.63, 3.8) is 0 Å². The van der Waals surface area contributed by atoms with Gasteiger partial charge in [0.15, 0.2) is 0 Å². The van der Waals surface area contributed by atoms with E-state index in [0.717, 1.165) is 10.9 Å². The molecule has 4 unspecified atom stereocenters. The Morgan fingerprint density at radius 2 is 1.44 bits per heavy atom. The van der Waals surface area contributed by atoms with Crippen LogP contribution in [0, 0.1) is 0 Å². The van der Waals surface area contributed by atoms with E-state index >= 15 is 0 Å². The molecule has 0 aliphatic heterocycles. The highest BCUT2D eigenvalue weighted by Gasteiger charge is 2.31. The molecular weight excluding hydrogens is 540 g/mol. The second-order valence-corrected chi connectivity index (χ2v) is 9.51. The van der Waals surface area contributed by atoms with Crippen LogP contribution in [0.25, 0.3) is 10.9 Å². The number of carboxylic acids is 3. The number of fused-ring (bicyclic) bond motifs is 1. The maximum Gasteiger partial charge on any atom is 0.326 e. The third kappa shape index (κ3) is 10.5. The number of carbonyl (C=O) groups is 6. The van der Waals surface area contributed by atoms with E-state index in [-0.39, 0.29) is 19.3 Å². The molecule has 0 bridgehead atoms. The SMILES string of the molecule is NCCCCC(NC(=O)C(CCC(=O)O)NC(=O)C(Cc1c[nH]c2ccccc12)NC(=O)C(N)CC(=O)O)C(=O)O. The number of amides is 3. The molecule has 1 aromatic heterocycles. The number of hydrogen-bond acceptors (Lipinski definition) is 8. The quantitative estimate of drug-likeness (QED) is 0.0976. The third-order valence-electron chi connectivity index (χ3n) is 6.30. The van der Waals surface area contributed by atoms with Crippen molar-refractivity contribution < 1.29 is 44.1 Å². The fraction of sp³-hybridized carbons (Fsp3) is 0.462. The summed E-state index contributed by atoms with van der Waals surface area (Å²) in [6, 6.07) is 1.59. The van der Waals surface area contributed by atoms with Gasteiger partial charge in [0, 0.05) is 29.9 Å². The van der Waals surface area contributed by atoms with Crippen molar-refractivity contribution in [2.45, 2.75) is 69.1 Å². The number of aromatic amines is 1.